The number of aromatic nitrogens is 2. The van der Waals surface area contributed by atoms with E-state index >= 15 is 0 Å². The molecule has 102 valence electrons. The van der Waals surface area contributed by atoms with Crippen LogP contribution in [0.15, 0.2) is 24.3 Å². The van der Waals surface area contributed by atoms with E-state index in [0.29, 0.717) is 5.13 Å². The van der Waals surface area contributed by atoms with Gasteiger partial charge in [-0.05, 0) is 25.5 Å². The number of hydrogen-bond acceptors (Lipinski definition) is 4. The molecular weight excluding hydrogens is 275 g/mol. The molecule has 0 aliphatic heterocycles. The van der Waals surface area contributed by atoms with Crippen LogP contribution in [-0.4, -0.2) is 10.2 Å². The summed E-state index contributed by atoms with van der Waals surface area (Å²) in [5.41, 5.74) is -0.431. The Labute approximate surface area is 112 Å². The minimum absolute atomic E-state index is 0.197. The first-order chi connectivity index (χ1) is 8.88. The molecule has 2 rings (SSSR count). The minimum atomic E-state index is -4.36. The van der Waals surface area contributed by atoms with Gasteiger partial charge >= 0.3 is 6.18 Å². The number of benzene rings is 1. The van der Waals surface area contributed by atoms with Crippen LogP contribution < -0.4 is 5.32 Å². The summed E-state index contributed by atoms with van der Waals surface area (Å²) in [6.07, 6.45) is -4.36. The van der Waals surface area contributed by atoms with Crippen LogP contribution >= 0.6 is 11.3 Å². The topological polar surface area (TPSA) is 37.8 Å². The molecule has 0 aliphatic rings. The van der Waals surface area contributed by atoms with Crippen molar-refractivity contribution < 1.29 is 13.2 Å². The molecule has 1 aromatic carbocycles. The number of halogens is 3. The normalized spacial score (nSPS) is 13.3. The molecule has 1 aromatic heterocycles. The van der Waals surface area contributed by atoms with Crippen molar-refractivity contribution in [3.63, 3.8) is 0 Å². The van der Waals surface area contributed by atoms with E-state index in [2.05, 4.69) is 15.5 Å². The van der Waals surface area contributed by atoms with E-state index in [1.165, 1.54) is 23.5 Å². The highest BCUT2D eigenvalue weighted by Crippen LogP contribution is 2.35. The fourth-order valence-corrected chi connectivity index (χ4v) is 2.43. The molecule has 2 aromatic rings. The maximum absolute atomic E-state index is 12.9. The zero-order valence-corrected chi connectivity index (χ0v) is 11.1. The lowest BCUT2D eigenvalue weighted by atomic mass is 10.0. The van der Waals surface area contributed by atoms with Gasteiger partial charge in [-0.15, -0.1) is 10.2 Å². The largest absolute Gasteiger partial charge is 0.416 e. The van der Waals surface area contributed by atoms with Crippen molar-refractivity contribution >= 4 is 16.5 Å². The van der Waals surface area contributed by atoms with Crippen molar-refractivity contribution in [2.24, 2.45) is 0 Å². The van der Waals surface area contributed by atoms with Crippen molar-refractivity contribution in [3.05, 3.63) is 40.4 Å². The Kier molecular flexibility index (Phi) is 3.75. The highest BCUT2D eigenvalue weighted by Gasteiger charge is 2.34. The lowest BCUT2D eigenvalue weighted by Gasteiger charge is -2.18. The Bertz CT molecular complexity index is 565. The molecule has 1 atom stereocenters. The van der Waals surface area contributed by atoms with Crippen LogP contribution in [0, 0.1) is 6.92 Å². The average Bonchev–Trinajstić information content (AvgIpc) is 2.73. The lowest BCUT2D eigenvalue weighted by Crippen LogP contribution is -2.15. The van der Waals surface area contributed by atoms with Crippen LogP contribution in [0.1, 0.15) is 29.1 Å². The summed E-state index contributed by atoms with van der Waals surface area (Å²) in [6, 6.07) is 5.03. The fraction of sp³-hybridized carbons (Fsp3) is 0.333. The predicted molar refractivity (Wildman–Crippen MR) is 68.1 cm³/mol. The van der Waals surface area contributed by atoms with E-state index in [1.807, 2.05) is 0 Å². The molecule has 19 heavy (non-hydrogen) atoms. The molecule has 1 unspecified atom stereocenters. The molecule has 3 nitrogen and oxygen atoms in total. The Morgan fingerprint density at radius 2 is 1.89 bits per heavy atom. The number of nitrogens with zero attached hydrogens (tertiary/aromatic N) is 2. The first-order valence-electron chi connectivity index (χ1n) is 5.60. The van der Waals surface area contributed by atoms with Gasteiger partial charge in [0.15, 0.2) is 0 Å². The quantitative estimate of drug-likeness (QED) is 0.925. The highest BCUT2D eigenvalue weighted by atomic mass is 32.1. The van der Waals surface area contributed by atoms with Crippen molar-refractivity contribution in [1.29, 1.82) is 0 Å². The second-order valence-corrected chi connectivity index (χ2v) is 5.26. The van der Waals surface area contributed by atoms with Gasteiger partial charge in [-0.2, -0.15) is 13.2 Å². The van der Waals surface area contributed by atoms with Gasteiger partial charge in [0.05, 0.1) is 11.6 Å². The molecule has 0 spiro atoms. The summed E-state index contributed by atoms with van der Waals surface area (Å²) in [5, 5.41) is 11.9. The van der Waals surface area contributed by atoms with Gasteiger partial charge in [0.1, 0.15) is 5.01 Å². The van der Waals surface area contributed by atoms with Gasteiger partial charge in [0.25, 0.3) is 0 Å². The highest BCUT2D eigenvalue weighted by molar-refractivity contribution is 7.15. The standard InChI is InChI=1S/C12H12F3N3S/c1-7(16-11-18-17-8(2)19-11)9-5-3-4-6-10(9)12(13,14)15/h3-7H,1-2H3,(H,16,18). The molecular formula is C12H12F3N3S. The summed E-state index contributed by atoms with van der Waals surface area (Å²) in [6.45, 7) is 3.46. The van der Waals surface area contributed by atoms with Gasteiger partial charge in [-0.25, -0.2) is 0 Å². The first kappa shape index (κ1) is 13.8. The lowest BCUT2D eigenvalue weighted by molar-refractivity contribution is -0.138. The Hall–Kier alpha value is -1.63. The summed E-state index contributed by atoms with van der Waals surface area (Å²) in [4.78, 5) is 0. The molecule has 0 saturated carbocycles. The zero-order chi connectivity index (χ0) is 14.0. The predicted octanol–water partition coefficient (Wildman–Crippen LogP) is 4.04. The van der Waals surface area contributed by atoms with E-state index in [9.17, 15) is 13.2 Å². The van der Waals surface area contributed by atoms with Crippen LogP contribution in [0.25, 0.3) is 0 Å². The number of aryl methyl sites for hydroxylation is 1. The molecule has 0 fully saturated rings. The molecule has 1 heterocycles. The van der Waals surface area contributed by atoms with Gasteiger partial charge in [0, 0.05) is 0 Å². The summed E-state index contributed by atoms with van der Waals surface area (Å²) < 4.78 is 38.7. The van der Waals surface area contributed by atoms with Crippen molar-refractivity contribution in [2.75, 3.05) is 5.32 Å². The second-order valence-electron chi connectivity index (χ2n) is 4.08. The van der Waals surface area contributed by atoms with Crippen LogP contribution in [0.5, 0.6) is 0 Å². The maximum atomic E-state index is 12.9. The van der Waals surface area contributed by atoms with Crippen LogP contribution in [0.4, 0.5) is 18.3 Å². The summed E-state index contributed by atoms with van der Waals surface area (Å²) in [5.74, 6) is 0. The Morgan fingerprint density at radius 1 is 1.21 bits per heavy atom. The third-order valence-corrected chi connectivity index (χ3v) is 3.37. The Morgan fingerprint density at radius 3 is 2.47 bits per heavy atom. The van der Waals surface area contributed by atoms with E-state index < -0.39 is 17.8 Å². The molecule has 1 N–H and O–H groups in total. The second kappa shape index (κ2) is 5.16. The Balaban J connectivity index is 2.26. The van der Waals surface area contributed by atoms with Gasteiger partial charge < -0.3 is 5.32 Å². The minimum Gasteiger partial charge on any atom is -0.354 e. The number of rotatable bonds is 3. The average molecular weight is 287 g/mol. The molecule has 7 heteroatoms. The van der Waals surface area contributed by atoms with E-state index in [4.69, 9.17) is 0 Å². The number of hydrogen-bond donors (Lipinski definition) is 1. The van der Waals surface area contributed by atoms with Crippen LogP contribution in [0.2, 0.25) is 0 Å². The van der Waals surface area contributed by atoms with Crippen molar-refractivity contribution in [3.8, 4) is 0 Å². The van der Waals surface area contributed by atoms with Gasteiger partial charge in [-0.3, -0.25) is 0 Å². The molecule has 0 bridgehead atoms. The molecule has 0 radical (unpaired) electrons. The number of anilines is 1. The zero-order valence-electron chi connectivity index (χ0n) is 10.3. The van der Waals surface area contributed by atoms with Crippen molar-refractivity contribution in [2.45, 2.75) is 26.1 Å². The fourth-order valence-electron chi connectivity index (χ4n) is 1.75. The summed E-state index contributed by atoms with van der Waals surface area (Å²) >= 11 is 1.31. The smallest absolute Gasteiger partial charge is 0.354 e. The van der Waals surface area contributed by atoms with Gasteiger partial charge in [-0.1, -0.05) is 29.5 Å². The van der Waals surface area contributed by atoms with E-state index in [0.717, 1.165) is 11.1 Å². The first-order valence-corrected chi connectivity index (χ1v) is 6.42. The number of nitrogens with one attached hydrogen (secondary N) is 1. The third-order valence-electron chi connectivity index (χ3n) is 2.60. The van der Waals surface area contributed by atoms with Crippen LogP contribution in [0.3, 0.4) is 0 Å². The molecule has 0 amide bonds. The molecule has 0 saturated heterocycles. The monoisotopic (exact) mass is 287 g/mol. The number of alkyl halides is 3. The SMILES string of the molecule is Cc1nnc(NC(C)c2ccccc2C(F)(F)F)s1. The van der Waals surface area contributed by atoms with Gasteiger partial charge in [0.2, 0.25) is 5.13 Å². The van der Waals surface area contributed by atoms with Crippen LogP contribution in [-0.2, 0) is 6.18 Å². The summed E-state index contributed by atoms with van der Waals surface area (Å²) in [7, 11) is 0. The van der Waals surface area contributed by atoms with E-state index in [-0.39, 0.29) is 5.56 Å². The van der Waals surface area contributed by atoms with E-state index in [1.54, 1.807) is 19.9 Å². The molecule has 0 aliphatic carbocycles. The van der Waals surface area contributed by atoms with Crippen molar-refractivity contribution in [1.82, 2.24) is 10.2 Å². The maximum Gasteiger partial charge on any atom is 0.416 e. The third kappa shape index (κ3) is 3.23.